The van der Waals surface area contributed by atoms with Crippen molar-refractivity contribution in [1.29, 1.82) is 0 Å². The minimum absolute atomic E-state index is 0.0383. The van der Waals surface area contributed by atoms with Crippen LogP contribution < -0.4 is 4.74 Å². The van der Waals surface area contributed by atoms with Gasteiger partial charge in [-0.2, -0.15) is 0 Å². The van der Waals surface area contributed by atoms with Gasteiger partial charge in [-0.15, -0.1) is 0 Å². The Morgan fingerprint density at radius 2 is 1.88 bits per heavy atom. The fourth-order valence-electron chi connectivity index (χ4n) is 3.34. The number of nitrogens with zero attached hydrogens (tertiary/aromatic N) is 1. The van der Waals surface area contributed by atoms with Gasteiger partial charge in [0, 0.05) is 35.6 Å². The van der Waals surface area contributed by atoms with Gasteiger partial charge in [-0.05, 0) is 49.6 Å². The minimum Gasteiger partial charge on any atom is -0.489 e. The van der Waals surface area contributed by atoms with Gasteiger partial charge in [-0.1, -0.05) is 42.5 Å². The van der Waals surface area contributed by atoms with Crippen LogP contribution in [0.1, 0.15) is 44.3 Å². The molecule has 170 valence electrons. The van der Waals surface area contributed by atoms with Crippen molar-refractivity contribution in [2.75, 3.05) is 6.61 Å². The first kappa shape index (κ1) is 19.9. The first-order chi connectivity index (χ1) is 16.9. The van der Waals surface area contributed by atoms with Gasteiger partial charge in [-0.3, -0.25) is 9.59 Å². The van der Waals surface area contributed by atoms with E-state index in [-0.39, 0.29) is 30.5 Å². The van der Waals surface area contributed by atoms with E-state index in [4.69, 9.17) is 17.0 Å². The molecule has 1 aliphatic rings. The highest BCUT2D eigenvalue weighted by atomic mass is 16.5. The Kier molecular flexibility index (Phi) is 6.42. The van der Waals surface area contributed by atoms with Crippen molar-refractivity contribution in [3.63, 3.8) is 0 Å². The van der Waals surface area contributed by atoms with Crippen molar-refractivity contribution < 1.29 is 26.6 Å². The maximum Gasteiger partial charge on any atom is 0.303 e. The summed E-state index contributed by atoms with van der Waals surface area (Å²) in [5.41, 5.74) is 1.50. The number of amides is 1. The fraction of sp³-hybridized carbons (Fsp3) is 0.259. The van der Waals surface area contributed by atoms with Gasteiger partial charge < -0.3 is 19.2 Å². The monoisotopic (exact) mass is 447 g/mol. The highest BCUT2D eigenvalue weighted by Gasteiger charge is 2.33. The number of carbonyl (C=O) groups is 2. The standard InChI is InChI=1S/C27H27NO5/c29-26(30)10-2-1-5-17-32-25-8-4-3-7-22(25)19-28(23-15-16-23)27(31)21-13-11-20(12-14-21)24-9-6-18-33-24/h1,3-9,11-14,18,23H,2,10,15-17,19H2,(H,29,30)/b5-1+/i19D2. The number of aliphatic carboxylic acids is 1. The van der Waals surface area contributed by atoms with Crippen LogP contribution >= 0.6 is 0 Å². The molecule has 1 N–H and O–H groups in total. The second-order valence-corrected chi connectivity index (χ2v) is 7.78. The minimum atomic E-state index is -2.10. The molecule has 1 saturated carbocycles. The molecular formula is C27H27NO5. The first-order valence-corrected chi connectivity index (χ1v) is 10.9. The van der Waals surface area contributed by atoms with Crippen molar-refractivity contribution in [2.24, 2.45) is 0 Å². The normalized spacial score (nSPS) is 14.5. The number of allylic oxidation sites excluding steroid dienone is 1. The number of hydrogen-bond donors (Lipinski definition) is 1. The van der Waals surface area contributed by atoms with Crippen LogP contribution in [0.2, 0.25) is 0 Å². The number of carboxylic acid groups (broad SMARTS) is 1. The molecule has 1 fully saturated rings. The predicted octanol–water partition coefficient (Wildman–Crippen LogP) is 5.55. The molecule has 6 heteroatoms. The molecule has 1 amide bonds. The maximum absolute atomic E-state index is 13.5. The Morgan fingerprint density at radius 3 is 2.58 bits per heavy atom. The number of carboxylic acids is 1. The third-order valence-electron chi connectivity index (χ3n) is 5.22. The van der Waals surface area contributed by atoms with Crippen LogP contribution in [0.3, 0.4) is 0 Å². The Labute approximate surface area is 195 Å². The average molecular weight is 448 g/mol. The van der Waals surface area contributed by atoms with Crippen LogP contribution in [-0.4, -0.2) is 34.5 Å². The first-order valence-electron chi connectivity index (χ1n) is 11.9. The van der Waals surface area contributed by atoms with Crippen LogP contribution in [-0.2, 0) is 11.3 Å². The summed E-state index contributed by atoms with van der Waals surface area (Å²) in [7, 11) is 0. The molecule has 3 aromatic rings. The van der Waals surface area contributed by atoms with Gasteiger partial charge >= 0.3 is 5.97 Å². The molecule has 0 spiro atoms. The second-order valence-electron chi connectivity index (χ2n) is 7.78. The van der Waals surface area contributed by atoms with E-state index in [0.29, 0.717) is 23.5 Å². The maximum atomic E-state index is 13.5. The Morgan fingerprint density at radius 1 is 1.09 bits per heavy atom. The molecule has 1 aliphatic carbocycles. The van der Waals surface area contributed by atoms with Crippen molar-refractivity contribution in [1.82, 2.24) is 4.90 Å². The zero-order valence-electron chi connectivity index (χ0n) is 20.1. The summed E-state index contributed by atoms with van der Waals surface area (Å²) >= 11 is 0. The number of furan rings is 1. The lowest BCUT2D eigenvalue weighted by Crippen LogP contribution is -2.32. The molecular weight excluding hydrogens is 418 g/mol. The van der Waals surface area contributed by atoms with Crippen molar-refractivity contribution in [3.8, 4) is 17.1 Å². The fourth-order valence-corrected chi connectivity index (χ4v) is 3.34. The molecule has 6 nitrogen and oxygen atoms in total. The zero-order chi connectivity index (χ0) is 24.8. The molecule has 1 aromatic heterocycles. The van der Waals surface area contributed by atoms with Gasteiger partial charge in [0.25, 0.3) is 5.91 Å². The Balaban J connectivity index is 1.53. The largest absolute Gasteiger partial charge is 0.489 e. The summed E-state index contributed by atoms with van der Waals surface area (Å²) in [6.45, 7) is -1.93. The van der Waals surface area contributed by atoms with E-state index in [9.17, 15) is 9.59 Å². The Hall–Kier alpha value is -3.80. The lowest BCUT2D eigenvalue weighted by Gasteiger charge is -2.24. The van der Waals surface area contributed by atoms with E-state index in [2.05, 4.69) is 0 Å². The topological polar surface area (TPSA) is 80.0 Å². The summed E-state index contributed by atoms with van der Waals surface area (Å²) < 4.78 is 29.1. The van der Waals surface area contributed by atoms with Crippen molar-refractivity contribution in [3.05, 3.63) is 90.2 Å². The lowest BCUT2D eigenvalue weighted by atomic mass is 10.1. The quantitative estimate of drug-likeness (QED) is 0.390. The summed E-state index contributed by atoms with van der Waals surface area (Å²) in [5.74, 6) is -0.213. The molecule has 0 saturated heterocycles. The number of rotatable bonds is 11. The lowest BCUT2D eigenvalue weighted by molar-refractivity contribution is -0.136. The van der Waals surface area contributed by atoms with Crippen LogP contribution in [0.4, 0.5) is 0 Å². The molecule has 0 bridgehead atoms. The van der Waals surface area contributed by atoms with Crippen LogP contribution in [0.25, 0.3) is 11.3 Å². The van der Waals surface area contributed by atoms with Crippen molar-refractivity contribution in [2.45, 2.75) is 38.2 Å². The summed E-state index contributed by atoms with van der Waals surface area (Å²) in [6.07, 6.45) is 6.93. The smallest absolute Gasteiger partial charge is 0.303 e. The van der Waals surface area contributed by atoms with E-state index in [1.54, 1.807) is 73.0 Å². The number of para-hydroxylation sites is 1. The highest BCUT2D eigenvalue weighted by molar-refractivity contribution is 5.95. The number of ether oxygens (including phenoxy) is 1. The number of hydrogen-bond acceptors (Lipinski definition) is 4. The zero-order valence-corrected chi connectivity index (χ0v) is 18.1. The molecule has 0 atom stereocenters. The number of carbonyl (C=O) groups excluding carboxylic acids is 1. The summed E-state index contributed by atoms with van der Waals surface area (Å²) in [6, 6.07) is 17.2. The third-order valence-corrected chi connectivity index (χ3v) is 5.22. The highest BCUT2D eigenvalue weighted by Crippen LogP contribution is 2.32. The molecule has 0 radical (unpaired) electrons. The average Bonchev–Trinajstić information content (AvgIpc) is 3.51. The van der Waals surface area contributed by atoms with Crippen LogP contribution in [0.15, 0.2) is 83.5 Å². The van der Waals surface area contributed by atoms with E-state index in [0.717, 1.165) is 18.4 Å². The van der Waals surface area contributed by atoms with Gasteiger partial charge in [-0.25, -0.2) is 0 Å². The summed E-state index contributed by atoms with van der Waals surface area (Å²) in [4.78, 5) is 25.4. The molecule has 33 heavy (non-hydrogen) atoms. The van der Waals surface area contributed by atoms with Gasteiger partial charge in [0.2, 0.25) is 0 Å². The number of benzene rings is 2. The van der Waals surface area contributed by atoms with Gasteiger partial charge in [0.1, 0.15) is 18.1 Å². The van der Waals surface area contributed by atoms with E-state index in [1.165, 1.54) is 4.90 Å². The van der Waals surface area contributed by atoms with E-state index < -0.39 is 12.5 Å². The predicted molar refractivity (Wildman–Crippen MR) is 125 cm³/mol. The Bertz CT molecular complexity index is 1180. The molecule has 1 heterocycles. The molecule has 0 unspecified atom stereocenters. The van der Waals surface area contributed by atoms with Gasteiger partial charge in [0.05, 0.1) is 9.00 Å². The van der Waals surface area contributed by atoms with Crippen LogP contribution in [0.5, 0.6) is 5.75 Å². The van der Waals surface area contributed by atoms with E-state index >= 15 is 0 Å². The van der Waals surface area contributed by atoms with Crippen molar-refractivity contribution >= 4 is 11.9 Å². The van der Waals surface area contributed by atoms with Crippen LogP contribution in [0, 0.1) is 0 Å². The van der Waals surface area contributed by atoms with Gasteiger partial charge in [0.15, 0.2) is 0 Å². The second kappa shape index (κ2) is 10.7. The SMILES string of the molecule is [2H]C([2H])(c1ccccc1OC/C=C/CCC(=O)O)N(C(=O)c1ccc(-c2ccco2)cc1)C1CC1. The van der Waals surface area contributed by atoms with E-state index in [1.807, 2.05) is 6.07 Å². The third kappa shape index (κ3) is 6.13. The summed E-state index contributed by atoms with van der Waals surface area (Å²) in [5, 5.41) is 8.72. The molecule has 2 aromatic carbocycles. The molecule has 0 aliphatic heterocycles. The molecule has 4 rings (SSSR count).